The Morgan fingerprint density at radius 1 is 1.05 bits per heavy atom. The number of anilines is 1. The lowest BCUT2D eigenvalue weighted by Gasteiger charge is -2.15. The minimum Gasteiger partial charge on any atom is -0.508 e. The first-order valence-corrected chi connectivity index (χ1v) is 6.92. The van der Waals surface area contributed by atoms with Gasteiger partial charge in [-0.1, -0.05) is 18.2 Å². The Morgan fingerprint density at radius 2 is 1.71 bits per heavy atom. The molecule has 0 saturated carbocycles. The summed E-state index contributed by atoms with van der Waals surface area (Å²) in [7, 11) is 5.77. The van der Waals surface area contributed by atoms with Crippen LogP contribution >= 0.6 is 0 Å². The molecule has 0 fully saturated rings. The van der Waals surface area contributed by atoms with Crippen LogP contribution in [-0.2, 0) is 13.1 Å². The Balaban J connectivity index is 2.11. The molecule has 0 spiro atoms. The zero-order valence-corrected chi connectivity index (χ0v) is 12.8. The molecule has 0 saturated heterocycles. The van der Waals surface area contributed by atoms with E-state index in [1.54, 1.807) is 19.2 Å². The fraction of sp³-hybridized carbons (Fsp3) is 0.294. The number of hydrogen-bond donors (Lipinski definition) is 2. The zero-order valence-electron chi connectivity index (χ0n) is 12.8. The molecular weight excluding hydrogens is 264 g/mol. The van der Waals surface area contributed by atoms with Crippen LogP contribution in [-0.4, -0.2) is 31.2 Å². The van der Waals surface area contributed by atoms with Gasteiger partial charge in [-0.3, -0.25) is 0 Å². The summed E-state index contributed by atoms with van der Waals surface area (Å²) < 4.78 is 5.40. The van der Waals surface area contributed by atoms with Crippen molar-refractivity contribution in [2.24, 2.45) is 0 Å². The molecule has 2 N–H and O–H groups in total. The van der Waals surface area contributed by atoms with Crippen molar-refractivity contribution in [2.45, 2.75) is 13.1 Å². The highest BCUT2D eigenvalue weighted by atomic mass is 16.5. The molecule has 0 atom stereocenters. The summed E-state index contributed by atoms with van der Waals surface area (Å²) in [5.41, 5.74) is 3.31. The largest absolute Gasteiger partial charge is 0.508 e. The molecule has 0 aromatic heterocycles. The van der Waals surface area contributed by atoms with Gasteiger partial charge in [0.2, 0.25) is 0 Å². The van der Waals surface area contributed by atoms with E-state index in [2.05, 4.69) is 22.3 Å². The summed E-state index contributed by atoms with van der Waals surface area (Å²) in [5, 5.41) is 12.7. The predicted molar refractivity (Wildman–Crippen MR) is 85.8 cm³/mol. The monoisotopic (exact) mass is 286 g/mol. The lowest BCUT2D eigenvalue weighted by Crippen LogP contribution is -2.11. The molecule has 0 radical (unpaired) electrons. The number of phenolic OH excluding ortho intramolecular Hbond substituents is 1. The van der Waals surface area contributed by atoms with Crippen LogP contribution in [0.2, 0.25) is 0 Å². The van der Waals surface area contributed by atoms with Gasteiger partial charge in [0.05, 0.1) is 12.8 Å². The van der Waals surface area contributed by atoms with Crippen molar-refractivity contribution in [3.05, 3.63) is 53.6 Å². The zero-order chi connectivity index (χ0) is 15.2. The first-order chi connectivity index (χ1) is 10.1. The minimum atomic E-state index is 0.282. The number of nitrogens with one attached hydrogen (secondary N) is 1. The van der Waals surface area contributed by atoms with Gasteiger partial charge in [0.25, 0.3) is 0 Å². The van der Waals surface area contributed by atoms with E-state index in [4.69, 9.17) is 4.74 Å². The van der Waals surface area contributed by atoms with Crippen molar-refractivity contribution < 1.29 is 9.84 Å². The topological polar surface area (TPSA) is 44.7 Å². The molecule has 2 rings (SSSR count). The summed E-state index contributed by atoms with van der Waals surface area (Å²) in [6.07, 6.45) is 0. The second-order valence-corrected chi connectivity index (χ2v) is 5.29. The number of benzene rings is 2. The molecule has 4 nitrogen and oxygen atoms in total. The Hall–Kier alpha value is -2.20. The SMILES string of the molecule is COc1ccc(CN(C)C)cc1NCc1ccc(O)cc1. The molecule has 2 aromatic carbocycles. The maximum atomic E-state index is 9.30. The van der Waals surface area contributed by atoms with Crippen LogP contribution in [0.15, 0.2) is 42.5 Å². The lowest BCUT2D eigenvalue weighted by atomic mass is 10.1. The van der Waals surface area contributed by atoms with E-state index in [1.165, 1.54) is 5.56 Å². The number of nitrogens with zero attached hydrogens (tertiary/aromatic N) is 1. The Kier molecular flexibility index (Phi) is 5.06. The van der Waals surface area contributed by atoms with Crippen molar-refractivity contribution in [1.82, 2.24) is 4.90 Å². The number of aromatic hydroxyl groups is 1. The minimum absolute atomic E-state index is 0.282. The molecule has 0 bridgehead atoms. The third-order valence-electron chi connectivity index (χ3n) is 3.18. The number of ether oxygens (including phenoxy) is 1. The van der Waals surface area contributed by atoms with E-state index in [0.29, 0.717) is 6.54 Å². The normalized spacial score (nSPS) is 10.7. The second-order valence-electron chi connectivity index (χ2n) is 5.29. The maximum absolute atomic E-state index is 9.30. The Bertz CT molecular complexity index is 580. The molecular formula is C17H22N2O2. The molecule has 0 amide bonds. The van der Waals surface area contributed by atoms with Gasteiger partial charge in [0, 0.05) is 13.1 Å². The quantitative estimate of drug-likeness (QED) is 0.856. The van der Waals surface area contributed by atoms with Crippen LogP contribution in [0.4, 0.5) is 5.69 Å². The highest BCUT2D eigenvalue weighted by Gasteiger charge is 2.05. The van der Waals surface area contributed by atoms with Crippen molar-refractivity contribution >= 4 is 5.69 Å². The van der Waals surface area contributed by atoms with E-state index in [1.807, 2.05) is 32.3 Å². The second kappa shape index (κ2) is 6.99. The van der Waals surface area contributed by atoms with Crippen molar-refractivity contribution in [3.63, 3.8) is 0 Å². The molecule has 0 unspecified atom stereocenters. The first-order valence-electron chi connectivity index (χ1n) is 6.92. The Labute approximate surface area is 126 Å². The number of hydrogen-bond acceptors (Lipinski definition) is 4. The molecule has 0 aliphatic carbocycles. The van der Waals surface area contributed by atoms with Crippen LogP contribution < -0.4 is 10.1 Å². The highest BCUT2D eigenvalue weighted by Crippen LogP contribution is 2.26. The molecule has 0 aliphatic heterocycles. The maximum Gasteiger partial charge on any atom is 0.141 e. The number of methoxy groups -OCH3 is 1. The van der Waals surface area contributed by atoms with Gasteiger partial charge in [-0.05, 0) is 49.5 Å². The smallest absolute Gasteiger partial charge is 0.141 e. The molecule has 2 aromatic rings. The fourth-order valence-electron chi connectivity index (χ4n) is 2.17. The average molecular weight is 286 g/mol. The third kappa shape index (κ3) is 4.39. The van der Waals surface area contributed by atoms with Crippen molar-refractivity contribution in [2.75, 3.05) is 26.5 Å². The van der Waals surface area contributed by atoms with Gasteiger partial charge in [-0.15, -0.1) is 0 Å². The molecule has 21 heavy (non-hydrogen) atoms. The first kappa shape index (κ1) is 15.2. The van der Waals surface area contributed by atoms with Crippen molar-refractivity contribution in [1.29, 1.82) is 0 Å². The standard InChI is InChI=1S/C17H22N2O2/c1-19(2)12-14-6-9-17(21-3)16(10-14)18-11-13-4-7-15(20)8-5-13/h4-10,18,20H,11-12H2,1-3H3. The third-order valence-corrected chi connectivity index (χ3v) is 3.18. The van der Waals surface area contributed by atoms with Gasteiger partial charge in [-0.25, -0.2) is 0 Å². The van der Waals surface area contributed by atoms with Crippen LogP contribution in [0, 0.1) is 0 Å². The van der Waals surface area contributed by atoms with Gasteiger partial charge in [-0.2, -0.15) is 0 Å². The molecule has 4 heteroatoms. The Morgan fingerprint density at radius 3 is 2.33 bits per heavy atom. The van der Waals surface area contributed by atoms with Gasteiger partial charge in [0.1, 0.15) is 11.5 Å². The van der Waals surface area contributed by atoms with Gasteiger partial charge >= 0.3 is 0 Å². The molecule has 0 heterocycles. The van der Waals surface area contributed by atoms with E-state index in [9.17, 15) is 5.11 Å². The highest BCUT2D eigenvalue weighted by molar-refractivity contribution is 5.58. The summed E-state index contributed by atoms with van der Waals surface area (Å²) in [4.78, 5) is 2.13. The van der Waals surface area contributed by atoms with Crippen LogP contribution in [0.3, 0.4) is 0 Å². The summed E-state index contributed by atoms with van der Waals surface area (Å²) in [6, 6.07) is 13.4. The number of phenols is 1. The molecule has 0 aliphatic rings. The summed E-state index contributed by atoms with van der Waals surface area (Å²) in [6.45, 7) is 1.57. The van der Waals surface area contributed by atoms with Crippen LogP contribution in [0.25, 0.3) is 0 Å². The lowest BCUT2D eigenvalue weighted by molar-refractivity contribution is 0.400. The molecule has 112 valence electrons. The van der Waals surface area contributed by atoms with E-state index in [0.717, 1.165) is 23.5 Å². The fourth-order valence-corrected chi connectivity index (χ4v) is 2.17. The predicted octanol–water partition coefficient (Wildman–Crippen LogP) is 3.07. The summed E-state index contributed by atoms with van der Waals surface area (Å²) >= 11 is 0. The van der Waals surface area contributed by atoms with Crippen LogP contribution in [0.1, 0.15) is 11.1 Å². The summed E-state index contributed by atoms with van der Waals surface area (Å²) in [5.74, 6) is 1.11. The average Bonchev–Trinajstić information content (AvgIpc) is 2.46. The number of rotatable bonds is 6. The van der Waals surface area contributed by atoms with Gasteiger partial charge in [0.15, 0.2) is 0 Å². The van der Waals surface area contributed by atoms with Crippen molar-refractivity contribution in [3.8, 4) is 11.5 Å². The van der Waals surface area contributed by atoms with E-state index < -0.39 is 0 Å². The van der Waals surface area contributed by atoms with Crippen LogP contribution in [0.5, 0.6) is 11.5 Å². The van der Waals surface area contributed by atoms with E-state index in [-0.39, 0.29) is 5.75 Å². The van der Waals surface area contributed by atoms with Gasteiger partial charge < -0.3 is 20.1 Å². The van der Waals surface area contributed by atoms with E-state index >= 15 is 0 Å².